The number of fused-ring (bicyclic) bond motifs is 1. The molecule has 7 heteroatoms. The lowest BCUT2D eigenvalue weighted by Crippen LogP contribution is -2.35. The summed E-state index contributed by atoms with van der Waals surface area (Å²) < 4.78 is 28.6. The first kappa shape index (κ1) is 20.7. The Bertz CT molecular complexity index is 1010. The largest absolute Gasteiger partial charge is 0.490 e. The molecule has 0 spiro atoms. The van der Waals surface area contributed by atoms with Crippen LogP contribution in [-0.2, 0) is 16.3 Å². The molecule has 0 N–H and O–H groups in total. The topological polar surface area (TPSA) is 66.9 Å². The summed E-state index contributed by atoms with van der Waals surface area (Å²) in [5.41, 5.74) is 3.65. The third-order valence-corrected chi connectivity index (χ3v) is 6.67. The number of likely N-dealkylation sites (tertiary alicyclic amines) is 1. The van der Waals surface area contributed by atoms with Gasteiger partial charge in [0.2, 0.25) is 0 Å². The number of nitrogens with zero attached hydrogens (tertiary/aromatic N) is 2. The Morgan fingerprint density at radius 2 is 1.73 bits per heavy atom. The van der Waals surface area contributed by atoms with Crippen molar-refractivity contribution in [2.24, 2.45) is 0 Å². The predicted molar refractivity (Wildman–Crippen MR) is 119 cm³/mol. The van der Waals surface area contributed by atoms with E-state index >= 15 is 0 Å². The van der Waals surface area contributed by atoms with Crippen LogP contribution in [0.5, 0.6) is 5.75 Å². The number of sulfone groups is 1. The maximum absolute atomic E-state index is 12.8. The lowest BCUT2D eigenvalue weighted by Gasteiger charge is -2.32. The second-order valence-electron chi connectivity index (χ2n) is 8.08. The highest BCUT2D eigenvalue weighted by Gasteiger charge is 2.23. The van der Waals surface area contributed by atoms with Crippen molar-refractivity contribution in [3.8, 4) is 5.75 Å². The summed E-state index contributed by atoms with van der Waals surface area (Å²) in [4.78, 5) is 16.9. The number of amides is 1. The van der Waals surface area contributed by atoms with E-state index in [9.17, 15) is 13.2 Å². The maximum Gasteiger partial charge on any atom is 0.253 e. The number of hydrogen-bond donors (Lipinski definition) is 0. The fourth-order valence-corrected chi connectivity index (χ4v) is 4.65. The number of carbonyl (C=O) groups excluding carboxylic acids is 1. The minimum Gasteiger partial charge on any atom is -0.490 e. The van der Waals surface area contributed by atoms with Crippen molar-refractivity contribution in [3.63, 3.8) is 0 Å². The van der Waals surface area contributed by atoms with Crippen LogP contribution in [0.2, 0.25) is 0 Å². The zero-order chi connectivity index (χ0) is 21.1. The average Bonchev–Trinajstić information content (AvgIpc) is 2.77. The van der Waals surface area contributed by atoms with E-state index in [1.807, 2.05) is 47.4 Å². The van der Waals surface area contributed by atoms with E-state index in [0.29, 0.717) is 18.6 Å². The first-order chi connectivity index (χ1) is 14.4. The first-order valence-electron chi connectivity index (χ1n) is 10.5. The molecule has 160 valence electrons. The molecule has 0 aromatic heterocycles. The number of benzene rings is 2. The lowest BCUT2D eigenvalue weighted by atomic mass is 10.1. The van der Waals surface area contributed by atoms with Gasteiger partial charge in [-0.25, -0.2) is 8.42 Å². The van der Waals surface area contributed by atoms with Gasteiger partial charge >= 0.3 is 0 Å². The van der Waals surface area contributed by atoms with E-state index in [4.69, 9.17) is 4.74 Å². The van der Waals surface area contributed by atoms with E-state index in [-0.39, 0.29) is 11.7 Å². The molecule has 1 amide bonds. The van der Waals surface area contributed by atoms with E-state index < -0.39 is 9.84 Å². The SMILES string of the molecule is CS(=O)(=O)CCc1ccc(N2CCOc3cc(C(=O)N4CCCCC4)ccc32)cc1. The molecule has 2 aromatic rings. The van der Waals surface area contributed by atoms with E-state index in [2.05, 4.69) is 4.90 Å². The Labute approximate surface area is 178 Å². The van der Waals surface area contributed by atoms with E-state index in [1.165, 1.54) is 12.7 Å². The maximum atomic E-state index is 12.8. The Morgan fingerprint density at radius 3 is 2.43 bits per heavy atom. The number of ether oxygens (including phenoxy) is 1. The standard InChI is InChI=1S/C23H28N2O4S/c1-30(27,28)16-11-18-5-8-20(9-6-18)25-14-15-29-22-17-19(7-10-21(22)25)23(26)24-12-3-2-4-13-24/h5-10,17H,2-4,11-16H2,1H3. The van der Waals surface area contributed by atoms with Gasteiger partial charge in [0, 0.05) is 30.6 Å². The van der Waals surface area contributed by atoms with Crippen molar-refractivity contribution >= 4 is 27.1 Å². The molecule has 2 aliphatic rings. The van der Waals surface area contributed by atoms with Crippen LogP contribution < -0.4 is 9.64 Å². The predicted octanol–water partition coefficient (Wildman–Crippen LogP) is 3.43. The minimum atomic E-state index is -2.97. The fraction of sp³-hybridized carbons (Fsp3) is 0.435. The van der Waals surface area contributed by atoms with E-state index in [0.717, 1.165) is 55.2 Å². The minimum absolute atomic E-state index is 0.0773. The summed E-state index contributed by atoms with van der Waals surface area (Å²) in [6, 6.07) is 13.7. The Kier molecular flexibility index (Phi) is 5.99. The number of hydrogen-bond acceptors (Lipinski definition) is 5. The molecule has 0 radical (unpaired) electrons. The Balaban J connectivity index is 1.51. The van der Waals surface area contributed by atoms with Crippen molar-refractivity contribution in [2.75, 3.05) is 43.1 Å². The second-order valence-corrected chi connectivity index (χ2v) is 10.3. The highest BCUT2D eigenvalue weighted by atomic mass is 32.2. The fourth-order valence-electron chi connectivity index (χ4n) is 4.05. The average molecular weight is 429 g/mol. The van der Waals surface area contributed by atoms with Crippen LogP contribution in [0.3, 0.4) is 0 Å². The number of carbonyl (C=O) groups is 1. The number of anilines is 2. The lowest BCUT2D eigenvalue weighted by molar-refractivity contribution is 0.0724. The summed E-state index contributed by atoms with van der Waals surface area (Å²) in [7, 11) is -2.97. The molecule has 4 rings (SSSR count). The molecule has 1 saturated heterocycles. The summed E-state index contributed by atoms with van der Waals surface area (Å²) in [5, 5.41) is 0. The van der Waals surface area contributed by atoms with Gasteiger partial charge in [-0.1, -0.05) is 12.1 Å². The third-order valence-electron chi connectivity index (χ3n) is 5.72. The van der Waals surface area contributed by atoms with Crippen molar-refractivity contribution in [1.29, 1.82) is 0 Å². The monoisotopic (exact) mass is 428 g/mol. The van der Waals surface area contributed by atoms with Crippen LogP contribution in [0, 0.1) is 0 Å². The van der Waals surface area contributed by atoms with Gasteiger partial charge in [0.25, 0.3) is 5.91 Å². The molecule has 1 fully saturated rings. The van der Waals surface area contributed by atoms with Crippen molar-refractivity contribution < 1.29 is 17.9 Å². The van der Waals surface area contributed by atoms with Gasteiger partial charge in [0.05, 0.1) is 18.0 Å². The summed E-state index contributed by atoms with van der Waals surface area (Å²) in [6.07, 6.45) is 5.11. The van der Waals surface area contributed by atoms with Gasteiger partial charge in [-0.3, -0.25) is 4.79 Å². The van der Waals surface area contributed by atoms with Gasteiger partial charge < -0.3 is 14.5 Å². The summed E-state index contributed by atoms with van der Waals surface area (Å²) in [5.74, 6) is 0.958. The van der Waals surface area contributed by atoms with E-state index in [1.54, 1.807) is 0 Å². The zero-order valence-electron chi connectivity index (χ0n) is 17.3. The molecule has 2 heterocycles. The normalized spacial score (nSPS) is 16.7. The number of aryl methyl sites for hydroxylation is 1. The summed E-state index contributed by atoms with van der Waals surface area (Å²) in [6.45, 7) is 2.92. The third kappa shape index (κ3) is 4.78. The molecule has 0 aliphatic carbocycles. The van der Waals surface area contributed by atoms with Crippen molar-refractivity contribution in [3.05, 3.63) is 53.6 Å². The summed E-state index contributed by atoms with van der Waals surface area (Å²) >= 11 is 0. The molecule has 0 unspecified atom stereocenters. The van der Waals surface area contributed by atoms with Crippen molar-refractivity contribution in [2.45, 2.75) is 25.7 Å². The quantitative estimate of drug-likeness (QED) is 0.730. The molecule has 0 saturated carbocycles. The van der Waals surface area contributed by atoms with Crippen molar-refractivity contribution in [1.82, 2.24) is 4.90 Å². The van der Waals surface area contributed by atoms with Gasteiger partial charge in [0.15, 0.2) is 0 Å². The van der Waals surface area contributed by atoms with Crippen LogP contribution in [0.1, 0.15) is 35.2 Å². The van der Waals surface area contributed by atoms with Gasteiger partial charge in [-0.05, 0) is 61.6 Å². The van der Waals surface area contributed by atoms with Crippen LogP contribution in [-0.4, -0.2) is 57.5 Å². The molecule has 2 aliphatic heterocycles. The molecule has 0 atom stereocenters. The zero-order valence-corrected chi connectivity index (χ0v) is 18.2. The molecular formula is C23H28N2O4S. The number of rotatable bonds is 5. The highest BCUT2D eigenvalue weighted by Crippen LogP contribution is 2.37. The molecule has 6 nitrogen and oxygen atoms in total. The second kappa shape index (κ2) is 8.68. The van der Waals surface area contributed by atoms with Gasteiger partial charge in [0.1, 0.15) is 22.2 Å². The van der Waals surface area contributed by atoms with Crippen LogP contribution in [0.25, 0.3) is 0 Å². The Hall–Kier alpha value is -2.54. The molecular weight excluding hydrogens is 400 g/mol. The van der Waals surface area contributed by atoms with Crippen LogP contribution in [0.15, 0.2) is 42.5 Å². The smallest absolute Gasteiger partial charge is 0.253 e. The van der Waals surface area contributed by atoms with Gasteiger partial charge in [-0.15, -0.1) is 0 Å². The Morgan fingerprint density at radius 1 is 1.00 bits per heavy atom. The van der Waals surface area contributed by atoms with Gasteiger partial charge in [-0.2, -0.15) is 0 Å². The highest BCUT2D eigenvalue weighted by molar-refractivity contribution is 7.90. The number of piperidine rings is 1. The van der Waals surface area contributed by atoms with Crippen LogP contribution >= 0.6 is 0 Å². The molecule has 2 aromatic carbocycles. The van der Waals surface area contributed by atoms with Crippen LogP contribution in [0.4, 0.5) is 11.4 Å². The molecule has 0 bridgehead atoms. The molecule has 30 heavy (non-hydrogen) atoms. The first-order valence-corrected chi connectivity index (χ1v) is 12.6.